The Morgan fingerprint density at radius 2 is 1.74 bits per heavy atom. The van der Waals surface area contributed by atoms with Gasteiger partial charge < -0.3 is 19.7 Å². The quantitative estimate of drug-likeness (QED) is 0.468. The molecule has 0 saturated carbocycles. The summed E-state index contributed by atoms with van der Waals surface area (Å²) in [7, 11) is 0. The van der Waals surface area contributed by atoms with Gasteiger partial charge in [-0.05, 0) is 18.6 Å². The Hall–Kier alpha value is -3.42. The number of piperazine rings is 1. The van der Waals surface area contributed by atoms with Gasteiger partial charge in [-0.2, -0.15) is 0 Å². The minimum atomic E-state index is 0.705. The molecule has 1 aromatic carbocycles. The second-order valence-electron chi connectivity index (χ2n) is 7.47. The topological polar surface area (TPSA) is 74.5 Å². The van der Waals surface area contributed by atoms with Gasteiger partial charge in [-0.3, -0.25) is 4.99 Å². The summed E-state index contributed by atoms with van der Waals surface area (Å²) >= 11 is 0. The summed E-state index contributed by atoms with van der Waals surface area (Å²) in [4.78, 5) is 22.7. The van der Waals surface area contributed by atoms with Crippen molar-refractivity contribution in [1.82, 2.24) is 29.7 Å². The number of aliphatic imine (C=N–C) groups is 1. The van der Waals surface area contributed by atoms with Crippen LogP contribution >= 0.6 is 0 Å². The van der Waals surface area contributed by atoms with Crippen molar-refractivity contribution in [2.24, 2.45) is 4.99 Å². The van der Waals surface area contributed by atoms with Gasteiger partial charge in [0.1, 0.15) is 5.82 Å². The van der Waals surface area contributed by atoms with Gasteiger partial charge in [0.05, 0.1) is 0 Å². The van der Waals surface area contributed by atoms with Gasteiger partial charge in [0.15, 0.2) is 5.96 Å². The van der Waals surface area contributed by atoms with Crippen molar-refractivity contribution in [3.8, 4) is 0 Å². The number of aromatic nitrogens is 4. The monoisotopic (exact) mass is 418 g/mol. The van der Waals surface area contributed by atoms with Gasteiger partial charge in [-0.1, -0.05) is 30.3 Å². The molecule has 2 aromatic heterocycles. The van der Waals surface area contributed by atoms with E-state index in [0.717, 1.165) is 63.4 Å². The molecule has 3 aromatic rings. The number of guanidine groups is 1. The predicted molar refractivity (Wildman–Crippen MR) is 123 cm³/mol. The summed E-state index contributed by atoms with van der Waals surface area (Å²) in [5.74, 6) is 2.83. The highest BCUT2D eigenvalue weighted by Gasteiger charge is 2.21. The lowest BCUT2D eigenvalue weighted by molar-refractivity contribution is 0.370. The fourth-order valence-electron chi connectivity index (χ4n) is 3.75. The molecule has 1 aliphatic heterocycles. The lowest BCUT2D eigenvalue weighted by Gasteiger charge is -2.36. The molecule has 1 saturated heterocycles. The normalized spacial score (nSPS) is 14.7. The summed E-state index contributed by atoms with van der Waals surface area (Å²) in [6.45, 7) is 8.06. The summed E-state index contributed by atoms with van der Waals surface area (Å²) < 4.78 is 2.20. The zero-order valence-corrected chi connectivity index (χ0v) is 18.1. The third-order valence-corrected chi connectivity index (χ3v) is 5.34. The molecular weight excluding hydrogens is 388 g/mol. The SMILES string of the molecule is CCNC(=NCCc1nccn1Cc1ccccc1)N1CCN(c2ncccn2)CC1. The number of anilines is 1. The van der Waals surface area contributed by atoms with Crippen LogP contribution in [0.4, 0.5) is 5.95 Å². The van der Waals surface area contributed by atoms with E-state index in [1.165, 1.54) is 5.56 Å². The zero-order chi connectivity index (χ0) is 21.3. The first-order valence-electron chi connectivity index (χ1n) is 10.9. The molecule has 0 atom stereocenters. The van der Waals surface area contributed by atoms with Gasteiger partial charge in [0.2, 0.25) is 5.95 Å². The molecular formula is C23H30N8. The molecule has 1 fully saturated rings. The van der Waals surface area contributed by atoms with Crippen LogP contribution in [0.5, 0.6) is 0 Å². The Kier molecular flexibility index (Phi) is 7.10. The van der Waals surface area contributed by atoms with Crippen molar-refractivity contribution in [2.75, 3.05) is 44.2 Å². The summed E-state index contributed by atoms with van der Waals surface area (Å²) in [6.07, 6.45) is 8.32. The summed E-state index contributed by atoms with van der Waals surface area (Å²) in [5, 5.41) is 3.44. The molecule has 1 aliphatic rings. The Balaban J connectivity index is 1.33. The Morgan fingerprint density at radius 1 is 0.968 bits per heavy atom. The minimum absolute atomic E-state index is 0.705. The summed E-state index contributed by atoms with van der Waals surface area (Å²) in [5.41, 5.74) is 1.28. The van der Waals surface area contributed by atoms with E-state index in [4.69, 9.17) is 4.99 Å². The zero-order valence-electron chi connectivity index (χ0n) is 18.1. The van der Waals surface area contributed by atoms with Gasteiger partial charge in [-0.15, -0.1) is 0 Å². The number of imidazole rings is 1. The van der Waals surface area contributed by atoms with Gasteiger partial charge in [-0.25, -0.2) is 15.0 Å². The standard InChI is InChI=1S/C23H30N8/c1-2-24-22(29-15-17-30(18-16-29)23-26-10-6-11-27-23)28-12-9-21-25-13-14-31(21)19-20-7-4-3-5-8-20/h3-8,10-11,13-14H,2,9,12,15-19H2,1H3,(H,24,28). The molecule has 31 heavy (non-hydrogen) atoms. The maximum atomic E-state index is 4.89. The molecule has 3 heterocycles. The number of benzene rings is 1. The number of nitrogens with one attached hydrogen (secondary N) is 1. The van der Waals surface area contributed by atoms with Crippen molar-refractivity contribution < 1.29 is 0 Å². The molecule has 0 aliphatic carbocycles. The fourth-order valence-corrected chi connectivity index (χ4v) is 3.75. The van der Waals surface area contributed by atoms with E-state index in [2.05, 4.69) is 65.8 Å². The Labute approximate surface area is 183 Å². The van der Waals surface area contributed by atoms with Crippen molar-refractivity contribution in [1.29, 1.82) is 0 Å². The highest BCUT2D eigenvalue weighted by Crippen LogP contribution is 2.10. The lowest BCUT2D eigenvalue weighted by atomic mass is 10.2. The van der Waals surface area contributed by atoms with E-state index in [-0.39, 0.29) is 0 Å². The van der Waals surface area contributed by atoms with Crippen LogP contribution in [-0.4, -0.2) is 69.6 Å². The smallest absolute Gasteiger partial charge is 0.225 e. The second kappa shape index (κ2) is 10.6. The van der Waals surface area contributed by atoms with E-state index in [1.54, 1.807) is 12.4 Å². The molecule has 0 bridgehead atoms. The van der Waals surface area contributed by atoms with E-state index >= 15 is 0 Å². The van der Waals surface area contributed by atoms with E-state index in [9.17, 15) is 0 Å². The van der Waals surface area contributed by atoms with E-state index < -0.39 is 0 Å². The van der Waals surface area contributed by atoms with Crippen LogP contribution in [0, 0.1) is 0 Å². The minimum Gasteiger partial charge on any atom is -0.357 e. The van der Waals surface area contributed by atoms with Crippen LogP contribution in [0.3, 0.4) is 0 Å². The molecule has 162 valence electrons. The van der Waals surface area contributed by atoms with Gasteiger partial charge >= 0.3 is 0 Å². The molecule has 8 heteroatoms. The molecule has 4 rings (SSSR count). The largest absolute Gasteiger partial charge is 0.357 e. The first kappa shape index (κ1) is 20.8. The molecule has 0 unspecified atom stereocenters. The van der Waals surface area contributed by atoms with Crippen LogP contribution in [0.1, 0.15) is 18.3 Å². The molecule has 0 spiro atoms. The number of hydrogen-bond acceptors (Lipinski definition) is 5. The van der Waals surface area contributed by atoms with Gasteiger partial charge in [0, 0.05) is 77.0 Å². The fraction of sp³-hybridized carbons (Fsp3) is 0.391. The first-order valence-corrected chi connectivity index (χ1v) is 10.9. The van der Waals surface area contributed by atoms with Crippen molar-refractivity contribution in [3.05, 3.63) is 72.6 Å². The van der Waals surface area contributed by atoms with Crippen LogP contribution < -0.4 is 10.2 Å². The summed E-state index contributed by atoms with van der Waals surface area (Å²) in [6, 6.07) is 12.3. The van der Waals surface area contributed by atoms with Crippen LogP contribution in [-0.2, 0) is 13.0 Å². The number of rotatable bonds is 7. The average Bonchev–Trinajstić information content (AvgIpc) is 3.26. The maximum Gasteiger partial charge on any atom is 0.225 e. The van der Waals surface area contributed by atoms with E-state index in [0.29, 0.717) is 6.54 Å². The Bertz CT molecular complexity index is 946. The molecule has 8 nitrogen and oxygen atoms in total. The third-order valence-electron chi connectivity index (χ3n) is 5.34. The van der Waals surface area contributed by atoms with Crippen molar-refractivity contribution >= 4 is 11.9 Å². The van der Waals surface area contributed by atoms with Crippen molar-refractivity contribution in [2.45, 2.75) is 19.9 Å². The predicted octanol–water partition coefficient (Wildman–Crippen LogP) is 2.05. The van der Waals surface area contributed by atoms with Crippen molar-refractivity contribution in [3.63, 3.8) is 0 Å². The second-order valence-corrected chi connectivity index (χ2v) is 7.47. The van der Waals surface area contributed by atoms with Crippen LogP contribution in [0.2, 0.25) is 0 Å². The average molecular weight is 419 g/mol. The lowest BCUT2D eigenvalue weighted by Crippen LogP contribution is -2.53. The number of nitrogens with zero attached hydrogens (tertiary/aromatic N) is 7. The maximum absolute atomic E-state index is 4.89. The number of hydrogen-bond donors (Lipinski definition) is 1. The van der Waals surface area contributed by atoms with Crippen LogP contribution in [0.15, 0.2) is 66.2 Å². The highest BCUT2D eigenvalue weighted by atomic mass is 15.4. The Morgan fingerprint density at radius 3 is 2.48 bits per heavy atom. The molecule has 1 N–H and O–H groups in total. The first-order chi connectivity index (χ1) is 15.3. The van der Waals surface area contributed by atoms with Gasteiger partial charge in [0.25, 0.3) is 0 Å². The highest BCUT2D eigenvalue weighted by molar-refractivity contribution is 5.80. The molecule has 0 amide bonds. The molecule has 0 radical (unpaired) electrons. The van der Waals surface area contributed by atoms with E-state index in [1.807, 2.05) is 24.5 Å². The van der Waals surface area contributed by atoms with Crippen LogP contribution in [0.25, 0.3) is 0 Å². The third kappa shape index (κ3) is 5.59.